The number of rotatable bonds is 6. The second kappa shape index (κ2) is 8.23. The van der Waals surface area contributed by atoms with Crippen LogP contribution in [-0.2, 0) is 11.3 Å². The first-order valence-electron chi connectivity index (χ1n) is 9.84. The molecule has 0 spiro atoms. The summed E-state index contributed by atoms with van der Waals surface area (Å²) in [7, 11) is 3.09. The van der Waals surface area contributed by atoms with Gasteiger partial charge in [0.25, 0.3) is 5.91 Å². The van der Waals surface area contributed by atoms with Crippen molar-refractivity contribution < 1.29 is 23.8 Å². The highest BCUT2D eigenvalue weighted by Gasteiger charge is 2.41. The Morgan fingerprint density at radius 2 is 1.77 bits per heavy atom. The van der Waals surface area contributed by atoms with Crippen molar-refractivity contribution in [3.63, 3.8) is 0 Å². The van der Waals surface area contributed by atoms with E-state index >= 15 is 0 Å². The molecule has 0 radical (unpaired) electrons. The third kappa shape index (κ3) is 3.78. The molecule has 2 saturated heterocycles. The minimum Gasteiger partial charge on any atom is -0.493 e. The molecule has 2 heterocycles. The molecule has 2 aliphatic rings. The lowest BCUT2D eigenvalue weighted by Crippen LogP contribution is -2.35. The number of nitrogens with zero attached hydrogens (tertiary/aromatic N) is 1. The summed E-state index contributed by atoms with van der Waals surface area (Å²) in [5.74, 6) is 2.16. The summed E-state index contributed by atoms with van der Waals surface area (Å²) < 4.78 is 16.9. The predicted octanol–water partition coefficient (Wildman–Crippen LogP) is 1.92. The van der Waals surface area contributed by atoms with Gasteiger partial charge in [-0.1, -0.05) is 6.07 Å². The highest BCUT2D eigenvalue weighted by Crippen LogP contribution is 2.38. The maximum atomic E-state index is 13.0. The van der Waals surface area contributed by atoms with Gasteiger partial charge in [-0.15, -0.1) is 0 Å². The molecule has 0 unspecified atom stereocenters. The van der Waals surface area contributed by atoms with Crippen LogP contribution in [0.25, 0.3) is 0 Å². The lowest BCUT2D eigenvalue weighted by atomic mass is 10.1. The van der Waals surface area contributed by atoms with E-state index in [-0.39, 0.29) is 23.8 Å². The minimum atomic E-state index is -0.0895. The fraction of sp³-hybridized carbons (Fsp3) is 0.364. The minimum absolute atomic E-state index is 0.0508. The van der Waals surface area contributed by atoms with Crippen molar-refractivity contribution in [1.29, 1.82) is 0 Å². The zero-order valence-electron chi connectivity index (χ0n) is 17.0. The Bertz CT molecular complexity index is 961. The SMILES string of the molecule is COc1cc(CN)ccc1Oc1ccc(C(=O)N2C[C@@H]3CC(=O)N[C@@H]3C2)cc1OC. The van der Waals surface area contributed by atoms with Crippen LogP contribution in [0.5, 0.6) is 23.0 Å². The average Bonchev–Trinajstić information content (AvgIpc) is 3.31. The molecule has 2 amide bonds. The van der Waals surface area contributed by atoms with E-state index in [0.717, 1.165) is 5.56 Å². The van der Waals surface area contributed by atoms with E-state index in [1.165, 1.54) is 7.11 Å². The van der Waals surface area contributed by atoms with Gasteiger partial charge in [0.05, 0.1) is 20.3 Å². The highest BCUT2D eigenvalue weighted by atomic mass is 16.5. The largest absolute Gasteiger partial charge is 0.493 e. The van der Waals surface area contributed by atoms with Crippen LogP contribution in [0, 0.1) is 5.92 Å². The summed E-state index contributed by atoms with van der Waals surface area (Å²) in [4.78, 5) is 26.2. The predicted molar refractivity (Wildman–Crippen MR) is 110 cm³/mol. The van der Waals surface area contributed by atoms with Crippen LogP contribution < -0.4 is 25.3 Å². The molecule has 2 aromatic carbocycles. The maximum Gasteiger partial charge on any atom is 0.254 e. The molecule has 8 heteroatoms. The van der Waals surface area contributed by atoms with Gasteiger partial charge in [-0.2, -0.15) is 0 Å². The van der Waals surface area contributed by atoms with Crippen LogP contribution in [0.3, 0.4) is 0 Å². The molecule has 0 aliphatic carbocycles. The summed E-state index contributed by atoms with van der Waals surface area (Å²) in [5, 5.41) is 2.93. The number of ether oxygens (including phenoxy) is 3. The molecule has 2 aliphatic heterocycles. The van der Waals surface area contributed by atoms with Crippen molar-refractivity contribution in [2.45, 2.75) is 19.0 Å². The summed E-state index contributed by atoms with van der Waals surface area (Å²) in [6.45, 7) is 1.51. The van der Waals surface area contributed by atoms with Gasteiger partial charge < -0.3 is 30.2 Å². The molecule has 2 aromatic rings. The van der Waals surface area contributed by atoms with Crippen LogP contribution in [0.15, 0.2) is 36.4 Å². The summed E-state index contributed by atoms with van der Waals surface area (Å²) in [5.41, 5.74) is 7.12. The molecular weight excluding hydrogens is 386 g/mol. The molecule has 2 fully saturated rings. The number of carbonyl (C=O) groups is 2. The Hall–Kier alpha value is -3.26. The monoisotopic (exact) mass is 411 g/mol. The normalized spacial score (nSPS) is 20.0. The molecule has 2 atom stereocenters. The number of nitrogens with two attached hydrogens (primary N) is 1. The Morgan fingerprint density at radius 1 is 1.07 bits per heavy atom. The van der Waals surface area contributed by atoms with Crippen molar-refractivity contribution in [3.05, 3.63) is 47.5 Å². The topological polar surface area (TPSA) is 103 Å². The van der Waals surface area contributed by atoms with E-state index in [2.05, 4.69) is 5.32 Å². The smallest absolute Gasteiger partial charge is 0.254 e. The maximum absolute atomic E-state index is 13.0. The molecule has 0 bridgehead atoms. The molecule has 158 valence electrons. The lowest BCUT2D eigenvalue weighted by Gasteiger charge is -2.19. The van der Waals surface area contributed by atoms with E-state index in [1.54, 1.807) is 36.3 Å². The number of hydrogen-bond donors (Lipinski definition) is 2. The molecule has 0 saturated carbocycles. The molecule has 30 heavy (non-hydrogen) atoms. The van der Waals surface area contributed by atoms with Gasteiger partial charge in [0.2, 0.25) is 5.91 Å². The van der Waals surface area contributed by atoms with Crippen molar-refractivity contribution in [2.75, 3.05) is 27.3 Å². The van der Waals surface area contributed by atoms with Gasteiger partial charge >= 0.3 is 0 Å². The summed E-state index contributed by atoms with van der Waals surface area (Å²) >= 11 is 0. The van der Waals surface area contributed by atoms with Gasteiger partial charge in [-0.3, -0.25) is 9.59 Å². The number of likely N-dealkylation sites (tertiary alicyclic amines) is 1. The number of nitrogens with one attached hydrogen (secondary N) is 1. The van der Waals surface area contributed by atoms with Crippen molar-refractivity contribution in [3.8, 4) is 23.0 Å². The Balaban J connectivity index is 1.52. The summed E-state index contributed by atoms with van der Waals surface area (Å²) in [6.07, 6.45) is 0.481. The Morgan fingerprint density at radius 3 is 2.43 bits per heavy atom. The number of benzene rings is 2. The van der Waals surface area contributed by atoms with E-state index < -0.39 is 0 Å². The second-order valence-electron chi connectivity index (χ2n) is 7.51. The standard InChI is InChI=1S/C22H25N3O5/c1-28-19-7-13(10-23)3-5-17(19)30-18-6-4-14(8-20(18)29-2)22(27)25-11-15-9-21(26)24-16(15)12-25/h3-8,15-16H,9-12,23H2,1-2H3,(H,24,26)/t15-,16+/m0/s1. The second-order valence-corrected chi connectivity index (χ2v) is 7.51. The highest BCUT2D eigenvalue weighted by molar-refractivity contribution is 5.95. The van der Waals surface area contributed by atoms with Crippen molar-refractivity contribution in [1.82, 2.24) is 10.2 Å². The molecule has 4 rings (SSSR count). The number of hydrogen-bond acceptors (Lipinski definition) is 6. The first kappa shape index (κ1) is 20.0. The van der Waals surface area contributed by atoms with E-state index in [4.69, 9.17) is 19.9 Å². The molecular formula is C22H25N3O5. The molecule has 8 nitrogen and oxygen atoms in total. The van der Waals surface area contributed by atoms with Crippen LogP contribution in [0.4, 0.5) is 0 Å². The van der Waals surface area contributed by atoms with Crippen LogP contribution in [-0.4, -0.2) is 50.1 Å². The Labute approximate surface area is 174 Å². The van der Waals surface area contributed by atoms with Crippen LogP contribution in [0.1, 0.15) is 22.3 Å². The van der Waals surface area contributed by atoms with Crippen molar-refractivity contribution in [2.24, 2.45) is 11.7 Å². The van der Waals surface area contributed by atoms with E-state index in [1.807, 2.05) is 12.1 Å². The van der Waals surface area contributed by atoms with Crippen LogP contribution in [0.2, 0.25) is 0 Å². The number of amides is 2. The first-order chi connectivity index (χ1) is 14.5. The molecule has 0 aromatic heterocycles. The van der Waals surface area contributed by atoms with Gasteiger partial charge in [-0.25, -0.2) is 0 Å². The average molecular weight is 411 g/mol. The Kier molecular flexibility index (Phi) is 5.50. The van der Waals surface area contributed by atoms with E-state index in [0.29, 0.717) is 54.6 Å². The third-order valence-electron chi connectivity index (χ3n) is 5.62. The zero-order chi connectivity index (χ0) is 21.3. The van der Waals surface area contributed by atoms with Gasteiger partial charge in [-0.05, 0) is 35.9 Å². The fourth-order valence-electron chi connectivity index (χ4n) is 4.02. The van der Waals surface area contributed by atoms with E-state index in [9.17, 15) is 9.59 Å². The number of fused-ring (bicyclic) bond motifs is 1. The van der Waals surface area contributed by atoms with Crippen LogP contribution >= 0.6 is 0 Å². The first-order valence-corrected chi connectivity index (χ1v) is 9.84. The quantitative estimate of drug-likeness (QED) is 0.753. The van der Waals surface area contributed by atoms with Crippen molar-refractivity contribution >= 4 is 11.8 Å². The number of methoxy groups -OCH3 is 2. The lowest BCUT2D eigenvalue weighted by molar-refractivity contribution is -0.119. The third-order valence-corrected chi connectivity index (χ3v) is 5.62. The van der Waals surface area contributed by atoms with Gasteiger partial charge in [0.1, 0.15) is 0 Å². The summed E-state index contributed by atoms with van der Waals surface area (Å²) in [6, 6.07) is 10.6. The fourth-order valence-corrected chi connectivity index (χ4v) is 4.02. The number of carbonyl (C=O) groups excluding carboxylic acids is 2. The van der Waals surface area contributed by atoms with Gasteiger partial charge in [0, 0.05) is 37.5 Å². The molecule has 3 N–H and O–H groups in total. The zero-order valence-corrected chi connectivity index (χ0v) is 17.0. The van der Waals surface area contributed by atoms with Gasteiger partial charge in [0.15, 0.2) is 23.0 Å².